The average Bonchev–Trinajstić information content (AvgIpc) is 3.21. The minimum atomic E-state index is -0.509. The van der Waals surface area contributed by atoms with Crippen molar-refractivity contribution in [1.82, 2.24) is 20.3 Å². The van der Waals surface area contributed by atoms with Crippen LogP contribution in [0.2, 0.25) is 0 Å². The lowest BCUT2D eigenvalue weighted by molar-refractivity contribution is -0.870. The Morgan fingerprint density at radius 3 is 0.932 bits per heavy atom. The first-order chi connectivity index (χ1) is 32.8. The summed E-state index contributed by atoms with van der Waals surface area (Å²) in [5, 5.41) is 6.26. The summed E-state index contributed by atoms with van der Waals surface area (Å²) < 4.78 is 17.8. The maximum Gasteiger partial charge on any atom is 0.329 e. The zero-order valence-corrected chi connectivity index (χ0v) is 52.6. The molecule has 0 fully saturated rings. The molecular formula is C51H112N6O13S3+2. The highest BCUT2D eigenvalue weighted by Crippen LogP contribution is 2.12. The minimum absolute atomic E-state index is 0. The fraction of sp³-hybridized carbons (Fsp3) is 0.882. The molecule has 19 nitrogen and oxygen atoms in total. The van der Waals surface area contributed by atoms with Crippen molar-refractivity contribution in [2.24, 2.45) is 0 Å². The SMILES string of the molecule is C.CC(=O)ON(C)C(=O)CCOC(C)C.CC(=O)ON(C)C(=O)CCSC(C)C.CC(C)OCC[N+](C)(C)C.CC(C)SCC[N+](C)(C)C.CON(C)C(=O)CCOC(C)C.CON(C)C(=O)CCSC(C)C. The monoisotopic (exact) mass is 1110 g/mol. The van der Waals surface area contributed by atoms with Gasteiger partial charge in [-0.2, -0.15) is 45.4 Å². The molecule has 0 spiro atoms. The Bertz CT molecular complexity index is 1270. The van der Waals surface area contributed by atoms with E-state index in [0.29, 0.717) is 49.1 Å². The van der Waals surface area contributed by atoms with Crippen LogP contribution in [-0.4, -0.2) is 234 Å². The molecule has 4 amide bonds. The molecule has 22 heteroatoms. The third-order valence-corrected chi connectivity index (χ3v) is 11.3. The second-order valence-corrected chi connectivity index (χ2v) is 24.7. The molecule has 0 N–H and O–H groups in total. The van der Waals surface area contributed by atoms with Gasteiger partial charge in [0.05, 0.1) is 114 Å². The average molecular weight is 1110 g/mol. The van der Waals surface area contributed by atoms with Gasteiger partial charge in [-0.1, -0.05) is 49.0 Å². The van der Waals surface area contributed by atoms with Crippen molar-refractivity contribution in [2.75, 3.05) is 135 Å². The van der Waals surface area contributed by atoms with Gasteiger partial charge in [0.25, 0.3) is 11.8 Å². The van der Waals surface area contributed by atoms with Gasteiger partial charge in [-0.15, -0.1) is 0 Å². The van der Waals surface area contributed by atoms with Crippen molar-refractivity contribution >= 4 is 70.9 Å². The summed E-state index contributed by atoms with van der Waals surface area (Å²) in [5.41, 5.74) is 0. The molecular weight excluding hydrogens is 1000 g/mol. The van der Waals surface area contributed by atoms with Crippen LogP contribution < -0.4 is 0 Å². The summed E-state index contributed by atoms with van der Waals surface area (Å²) in [4.78, 5) is 84.4. The van der Waals surface area contributed by atoms with Crippen molar-refractivity contribution < 1.29 is 71.3 Å². The van der Waals surface area contributed by atoms with Gasteiger partial charge in [-0.3, -0.25) is 38.4 Å². The highest BCUT2D eigenvalue weighted by Gasteiger charge is 2.14. The molecule has 0 heterocycles. The van der Waals surface area contributed by atoms with Crippen LogP contribution in [0.25, 0.3) is 0 Å². The smallest absolute Gasteiger partial charge is 0.329 e. The largest absolute Gasteiger partial charge is 0.378 e. The van der Waals surface area contributed by atoms with Gasteiger partial charge in [0.2, 0.25) is 11.8 Å². The summed E-state index contributed by atoms with van der Waals surface area (Å²) >= 11 is 5.53. The zero-order valence-electron chi connectivity index (χ0n) is 50.2. The number of carbonyl (C=O) groups is 6. The molecule has 0 aromatic rings. The van der Waals surface area contributed by atoms with E-state index in [9.17, 15) is 28.8 Å². The molecule has 0 rings (SSSR count). The van der Waals surface area contributed by atoms with E-state index in [1.807, 2.05) is 39.5 Å². The Hall–Kier alpha value is -2.41. The van der Waals surface area contributed by atoms with Crippen molar-refractivity contribution in [2.45, 2.75) is 164 Å². The lowest BCUT2D eigenvalue weighted by Gasteiger charge is -2.24. The number of nitrogens with zero attached hydrogens (tertiary/aromatic N) is 6. The van der Waals surface area contributed by atoms with Crippen LogP contribution in [0.15, 0.2) is 0 Å². The third-order valence-electron chi connectivity index (χ3n) is 7.98. The fourth-order valence-electron chi connectivity index (χ4n) is 3.97. The topological polar surface area (TPSA) is 180 Å². The van der Waals surface area contributed by atoms with Crippen LogP contribution in [0.5, 0.6) is 0 Å². The highest BCUT2D eigenvalue weighted by atomic mass is 32.2. The predicted molar refractivity (Wildman–Crippen MR) is 306 cm³/mol. The Labute approximate surface area is 459 Å². The van der Waals surface area contributed by atoms with Gasteiger partial charge < -0.3 is 32.9 Å². The molecule has 0 atom stereocenters. The molecule has 0 radical (unpaired) electrons. The second-order valence-electron chi connectivity index (χ2n) is 19.6. The van der Waals surface area contributed by atoms with Crippen LogP contribution in [0.4, 0.5) is 0 Å². The Morgan fingerprint density at radius 2 is 0.671 bits per heavy atom. The van der Waals surface area contributed by atoms with Gasteiger partial charge in [-0.05, 0) is 57.3 Å². The van der Waals surface area contributed by atoms with Crippen LogP contribution in [0.1, 0.15) is 130 Å². The van der Waals surface area contributed by atoms with Gasteiger partial charge in [0, 0.05) is 72.1 Å². The molecule has 0 saturated carbocycles. The summed E-state index contributed by atoms with van der Waals surface area (Å²) in [6.45, 7) is 31.2. The van der Waals surface area contributed by atoms with E-state index < -0.39 is 11.9 Å². The number of hydroxylamine groups is 8. The first-order valence-corrected chi connectivity index (χ1v) is 27.8. The molecule has 0 aliphatic heterocycles. The van der Waals surface area contributed by atoms with Crippen molar-refractivity contribution in [1.29, 1.82) is 0 Å². The van der Waals surface area contributed by atoms with E-state index in [0.717, 1.165) is 49.0 Å². The van der Waals surface area contributed by atoms with Crippen LogP contribution >= 0.6 is 35.3 Å². The van der Waals surface area contributed by atoms with Crippen LogP contribution in [0.3, 0.4) is 0 Å². The normalized spacial score (nSPS) is 10.7. The molecule has 0 aliphatic carbocycles. The summed E-state index contributed by atoms with van der Waals surface area (Å²) in [7, 11) is 22.2. The minimum Gasteiger partial charge on any atom is -0.378 e. The van der Waals surface area contributed by atoms with Gasteiger partial charge >= 0.3 is 11.9 Å². The Kier molecular flexibility index (Phi) is 59.9. The van der Waals surface area contributed by atoms with Gasteiger partial charge in [0.1, 0.15) is 6.54 Å². The maximum atomic E-state index is 11.3. The first-order valence-electron chi connectivity index (χ1n) is 24.7. The number of thioether (sulfide) groups is 3. The fourth-order valence-corrected chi connectivity index (χ4v) is 6.63. The predicted octanol–water partition coefficient (Wildman–Crippen LogP) is 8.14. The number of amides is 4. The number of quaternary nitrogens is 2. The Balaban J connectivity index is -0.000000143. The number of rotatable bonds is 26. The number of hydrogen-bond acceptors (Lipinski definition) is 16. The quantitative estimate of drug-likeness (QED) is 0.0598. The van der Waals surface area contributed by atoms with Gasteiger partial charge in [0.15, 0.2) is 0 Å². The number of carbonyl (C=O) groups excluding carboxylic acids is 6. The van der Waals surface area contributed by atoms with E-state index in [2.05, 4.69) is 107 Å². The van der Waals surface area contributed by atoms with E-state index in [1.54, 1.807) is 37.6 Å². The lowest BCUT2D eigenvalue weighted by Crippen LogP contribution is -2.38. The second kappa shape index (κ2) is 51.7. The van der Waals surface area contributed by atoms with E-state index in [1.165, 1.54) is 64.6 Å². The Morgan fingerprint density at radius 1 is 0.411 bits per heavy atom. The van der Waals surface area contributed by atoms with Crippen LogP contribution in [-0.2, 0) is 62.3 Å². The zero-order chi connectivity index (χ0) is 57.8. The number of likely N-dealkylation sites (N-methyl/N-ethyl adjacent to an activating group) is 1. The number of ether oxygens (including phenoxy) is 3. The molecule has 0 aliphatic rings. The molecule has 0 unspecified atom stereocenters. The summed E-state index contributed by atoms with van der Waals surface area (Å²) in [6, 6.07) is 0. The lowest BCUT2D eigenvalue weighted by atomic mass is 10.4. The summed E-state index contributed by atoms with van der Waals surface area (Å²) in [6.07, 6.45) is 2.16. The maximum absolute atomic E-state index is 11.3. The van der Waals surface area contributed by atoms with Crippen molar-refractivity contribution in [3.05, 3.63) is 0 Å². The standard InChI is InChI=1S/C9H17NO4.C9H17NO3S.C8H17NO3.C8H17NO2S.C8H20NO.C8H20NS.CH4/c1-7(2)13-6-5-9(12)10(4)14-8(3)11;1-7(2)14-6-5-9(12)10(4)13-8(3)11;2*1-7(2)12-6-5-8(10)9(3)11-4;2*1-8(2)10-7-6-9(3,4)5;/h2*7H,5-6H2,1-4H3;2*7H,5-6H2,1-4H3;2*8H,6-7H2,1-5H3;1H4/q;;;;2*+1;. The van der Waals surface area contributed by atoms with Crippen LogP contribution in [0, 0.1) is 0 Å². The van der Waals surface area contributed by atoms with E-state index in [4.69, 9.17) is 23.9 Å². The molecule has 0 bridgehead atoms. The van der Waals surface area contributed by atoms with Crippen molar-refractivity contribution in [3.63, 3.8) is 0 Å². The molecule has 0 aromatic carbocycles. The van der Waals surface area contributed by atoms with Crippen molar-refractivity contribution in [3.8, 4) is 0 Å². The molecule has 440 valence electrons. The highest BCUT2D eigenvalue weighted by molar-refractivity contribution is 8.00. The molecule has 0 saturated heterocycles. The summed E-state index contributed by atoms with van der Waals surface area (Å²) in [5.74, 6) is 1.42. The van der Waals surface area contributed by atoms with E-state index in [-0.39, 0.29) is 49.7 Å². The molecule has 0 aromatic heterocycles. The number of hydrogen-bond donors (Lipinski definition) is 0. The first kappa shape index (κ1) is 84.5. The third kappa shape index (κ3) is 78.6. The molecule has 73 heavy (non-hydrogen) atoms. The van der Waals surface area contributed by atoms with Gasteiger partial charge in [-0.25, -0.2) is 10.1 Å². The van der Waals surface area contributed by atoms with E-state index >= 15 is 0 Å².